The third kappa shape index (κ3) is 10.6. The van der Waals surface area contributed by atoms with Crippen molar-refractivity contribution in [3.8, 4) is 0 Å². The number of aryl methyl sites for hydroxylation is 1. The third-order valence-electron chi connectivity index (χ3n) is 7.91. The first-order valence-corrected chi connectivity index (χ1v) is 14.8. The molecular formula is C40H50O2. The molecule has 0 saturated heterocycles. The van der Waals surface area contributed by atoms with Gasteiger partial charge in [-0.15, -0.1) is 0 Å². The summed E-state index contributed by atoms with van der Waals surface area (Å²) in [7, 11) is 0. The maximum atomic E-state index is 12.2. The number of aliphatic hydroxyl groups is 1. The predicted molar refractivity (Wildman–Crippen MR) is 183 cm³/mol. The first-order chi connectivity index (χ1) is 19.7. The van der Waals surface area contributed by atoms with E-state index in [4.69, 9.17) is 0 Å². The number of allylic oxidation sites excluding steroid dienone is 18. The van der Waals surface area contributed by atoms with Crippen LogP contribution in [0.5, 0.6) is 0 Å². The third-order valence-corrected chi connectivity index (χ3v) is 7.91. The zero-order valence-electron chi connectivity index (χ0n) is 27.4. The van der Waals surface area contributed by atoms with Gasteiger partial charge in [-0.3, -0.25) is 4.79 Å². The van der Waals surface area contributed by atoms with E-state index in [2.05, 4.69) is 134 Å². The number of ketones is 1. The molecule has 1 atom stereocenters. The van der Waals surface area contributed by atoms with Crippen molar-refractivity contribution in [1.82, 2.24) is 0 Å². The van der Waals surface area contributed by atoms with Crippen LogP contribution in [0.4, 0.5) is 0 Å². The second-order valence-electron chi connectivity index (χ2n) is 12.1. The van der Waals surface area contributed by atoms with Gasteiger partial charge >= 0.3 is 0 Å². The molecule has 0 bridgehead atoms. The van der Waals surface area contributed by atoms with Gasteiger partial charge in [0.25, 0.3) is 0 Å². The van der Waals surface area contributed by atoms with Crippen molar-refractivity contribution in [2.75, 3.05) is 0 Å². The van der Waals surface area contributed by atoms with Gasteiger partial charge in [0.15, 0.2) is 5.78 Å². The van der Waals surface area contributed by atoms with E-state index in [1.165, 1.54) is 33.4 Å². The van der Waals surface area contributed by atoms with Crippen LogP contribution < -0.4 is 0 Å². The molecule has 2 rings (SSSR count). The maximum Gasteiger partial charge on any atom is 0.187 e. The Bertz CT molecular complexity index is 1450. The minimum absolute atomic E-state index is 0.163. The van der Waals surface area contributed by atoms with Crippen LogP contribution in [0.1, 0.15) is 77.1 Å². The molecule has 0 amide bonds. The molecule has 1 unspecified atom stereocenters. The SMILES string of the molecule is CC1=C(/C=C/C(C)=C/C=C/C(C)=C/C=C/C=C(C)/C=C/C=C(C)/C=C/c2ccc(C)c(C)c2C)C(C)(C)CC(O)C1=O. The Kier molecular flexibility index (Phi) is 13.2. The summed E-state index contributed by atoms with van der Waals surface area (Å²) in [5, 5.41) is 10.0. The second kappa shape index (κ2) is 16.0. The van der Waals surface area contributed by atoms with Crippen molar-refractivity contribution >= 4 is 11.9 Å². The highest BCUT2D eigenvalue weighted by Gasteiger charge is 2.36. The van der Waals surface area contributed by atoms with Gasteiger partial charge in [0, 0.05) is 0 Å². The van der Waals surface area contributed by atoms with E-state index < -0.39 is 6.10 Å². The molecular weight excluding hydrogens is 512 g/mol. The van der Waals surface area contributed by atoms with Gasteiger partial charge in [-0.2, -0.15) is 0 Å². The van der Waals surface area contributed by atoms with Crippen LogP contribution in [0.3, 0.4) is 0 Å². The number of benzene rings is 1. The normalized spacial score (nSPS) is 19.7. The highest BCUT2D eigenvalue weighted by atomic mass is 16.3. The van der Waals surface area contributed by atoms with E-state index in [-0.39, 0.29) is 11.2 Å². The van der Waals surface area contributed by atoms with Crippen LogP contribution in [-0.2, 0) is 4.79 Å². The Morgan fingerprint density at radius 2 is 1.19 bits per heavy atom. The fourth-order valence-electron chi connectivity index (χ4n) is 4.86. The number of carbonyl (C=O) groups excluding carboxylic acids is 1. The molecule has 0 spiro atoms. The largest absolute Gasteiger partial charge is 0.385 e. The molecule has 0 aliphatic heterocycles. The Morgan fingerprint density at radius 3 is 1.74 bits per heavy atom. The molecule has 0 aromatic heterocycles. The van der Waals surface area contributed by atoms with Crippen LogP contribution in [0.2, 0.25) is 0 Å². The molecule has 0 fully saturated rings. The first-order valence-electron chi connectivity index (χ1n) is 14.8. The molecule has 42 heavy (non-hydrogen) atoms. The Balaban J connectivity index is 1.92. The topological polar surface area (TPSA) is 37.3 Å². The Labute approximate surface area is 255 Å². The molecule has 222 valence electrons. The maximum absolute atomic E-state index is 12.2. The van der Waals surface area contributed by atoms with E-state index in [1.54, 1.807) is 0 Å². The molecule has 1 aromatic carbocycles. The summed E-state index contributed by atoms with van der Waals surface area (Å²) in [6, 6.07) is 4.37. The van der Waals surface area contributed by atoms with Gasteiger partial charge in [0.1, 0.15) is 6.10 Å². The van der Waals surface area contributed by atoms with Gasteiger partial charge in [-0.25, -0.2) is 0 Å². The number of hydrogen-bond donors (Lipinski definition) is 1. The summed E-state index contributed by atoms with van der Waals surface area (Å²) in [6.07, 6.45) is 28.8. The molecule has 0 radical (unpaired) electrons. The van der Waals surface area contributed by atoms with Crippen molar-refractivity contribution in [2.45, 2.75) is 81.8 Å². The number of Topliss-reactive ketones (excluding diaryl/α,β-unsaturated/α-hetero) is 1. The van der Waals surface area contributed by atoms with Crippen molar-refractivity contribution in [2.24, 2.45) is 5.41 Å². The summed E-state index contributed by atoms with van der Waals surface area (Å²) in [5.41, 5.74) is 11.4. The number of aliphatic hydroxyl groups excluding tert-OH is 1. The Hall–Kier alpha value is -3.75. The highest BCUT2D eigenvalue weighted by Crippen LogP contribution is 2.39. The van der Waals surface area contributed by atoms with Gasteiger partial charge < -0.3 is 5.11 Å². The van der Waals surface area contributed by atoms with Crippen LogP contribution in [0.25, 0.3) is 6.08 Å². The first kappa shape index (κ1) is 34.5. The summed E-state index contributed by atoms with van der Waals surface area (Å²) in [5.74, 6) is -0.163. The van der Waals surface area contributed by atoms with E-state index >= 15 is 0 Å². The van der Waals surface area contributed by atoms with Crippen molar-refractivity contribution < 1.29 is 9.90 Å². The van der Waals surface area contributed by atoms with Crippen LogP contribution in [0.15, 0.2) is 125 Å². The molecule has 1 N–H and O–H groups in total. The molecule has 2 heteroatoms. The lowest BCUT2D eigenvalue weighted by atomic mass is 9.71. The fraction of sp³-hybridized carbons (Fsp3) is 0.325. The van der Waals surface area contributed by atoms with Gasteiger partial charge in [-0.1, -0.05) is 133 Å². The molecule has 1 aliphatic rings. The van der Waals surface area contributed by atoms with Gasteiger partial charge in [0.2, 0.25) is 0 Å². The predicted octanol–water partition coefficient (Wildman–Crippen LogP) is 10.3. The molecule has 0 saturated carbocycles. The number of hydrogen-bond acceptors (Lipinski definition) is 2. The quantitative estimate of drug-likeness (QED) is 0.288. The zero-order chi connectivity index (χ0) is 31.4. The minimum atomic E-state index is -0.894. The lowest BCUT2D eigenvalue weighted by Crippen LogP contribution is -2.35. The number of rotatable bonds is 10. The van der Waals surface area contributed by atoms with Gasteiger partial charge in [0.05, 0.1) is 0 Å². The average molecular weight is 563 g/mol. The van der Waals surface area contributed by atoms with Crippen molar-refractivity contribution in [1.29, 1.82) is 0 Å². The van der Waals surface area contributed by atoms with Gasteiger partial charge in [-0.05, 0) is 101 Å². The fourth-order valence-corrected chi connectivity index (χ4v) is 4.86. The van der Waals surface area contributed by atoms with Crippen LogP contribution >= 0.6 is 0 Å². The standard InChI is InChI=1S/C40H50O2/c1-28(17-13-19-30(3)21-24-36-25-23-32(5)33(6)34(36)7)15-11-12-16-29(2)18-14-20-31(4)22-26-37-35(8)39(42)38(41)27-40(37,9)10/h11-26,38,41H,27H2,1-10H3/b12-11+,17-13+,18-14+,24-21+,26-22+,28-15+,29-16+,30-19+,31-20+. The van der Waals surface area contributed by atoms with Crippen molar-refractivity contribution in [3.63, 3.8) is 0 Å². The van der Waals surface area contributed by atoms with E-state index in [0.29, 0.717) is 12.0 Å². The summed E-state index contributed by atoms with van der Waals surface area (Å²) >= 11 is 0. The van der Waals surface area contributed by atoms with Crippen LogP contribution in [-0.4, -0.2) is 17.0 Å². The minimum Gasteiger partial charge on any atom is -0.385 e. The summed E-state index contributed by atoms with van der Waals surface area (Å²) in [6.45, 7) is 20.8. The molecule has 2 nitrogen and oxygen atoms in total. The molecule has 1 aliphatic carbocycles. The highest BCUT2D eigenvalue weighted by molar-refractivity contribution is 6.00. The van der Waals surface area contributed by atoms with E-state index in [1.807, 2.05) is 32.1 Å². The lowest BCUT2D eigenvalue weighted by Gasteiger charge is -2.34. The Morgan fingerprint density at radius 1 is 0.714 bits per heavy atom. The smallest absolute Gasteiger partial charge is 0.187 e. The molecule has 1 aromatic rings. The van der Waals surface area contributed by atoms with Crippen LogP contribution in [0, 0.1) is 26.2 Å². The van der Waals surface area contributed by atoms with E-state index in [0.717, 1.165) is 16.7 Å². The van der Waals surface area contributed by atoms with Crippen molar-refractivity contribution in [3.05, 3.63) is 147 Å². The zero-order valence-corrected chi connectivity index (χ0v) is 27.4. The second-order valence-corrected chi connectivity index (χ2v) is 12.1. The number of carbonyl (C=O) groups is 1. The summed E-state index contributed by atoms with van der Waals surface area (Å²) < 4.78 is 0. The lowest BCUT2D eigenvalue weighted by molar-refractivity contribution is -0.125. The average Bonchev–Trinajstić information content (AvgIpc) is 2.92. The monoisotopic (exact) mass is 562 g/mol. The van der Waals surface area contributed by atoms with E-state index in [9.17, 15) is 9.90 Å². The molecule has 0 heterocycles. The summed E-state index contributed by atoms with van der Waals surface area (Å²) in [4.78, 5) is 12.2.